The van der Waals surface area contributed by atoms with Crippen LogP contribution in [0.1, 0.15) is 80.0 Å². The lowest BCUT2D eigenvalue weighted by molar-refractivity contribution is -0.121. The number of fused-ring (bicyclic) bond motifs is 2. The van der Waals surface area contributed by atoms with E-state index in [4.69, 9.17) is 4.74 Å². The summed E-state index contributed by atoms with van der Waals surface area (Å²) in [6.45, 7) is 12.8. The molecule has 0 saturated carbocycles. The predicted molar refractivity (Wildman–Crippen MR) is 180 cm³/mol. The third-order valence-corrected chi connectivity index (χ3v) is 9.47. The van der Waals surface area contributed by atoms with E-state index in [-0.39, 0.29) is 49.5 Å². The highest BCUT2D eigenvalue weighted by atomic mass is 19.1. The first-order valence-corrected chi connectivity index (χ1v) is 16.7. The summed E-state index contributed by atoms with van der Waals surface area (Å²) in [7, 11) is 0. The summed E-state index contributed by atoms with van der Waals surface area (Å²) in [4.78, 5) is 48.1. The Morgan fingerprint density at radius 3 is 2.54 bits per heavy atom. The summed E-state index contributed by atoms with van der Waals surface area (Å²) in [5, 5.41) is 18.1. The Morgan fingerprint density at radius 2 is 1.84 bits per heavy atom. The Bertz CT molecular complexity index is 1900. The van der Waals surface area contributed by atoms with Gasteiger partial charge < -0.3 is 19.4 Å². The van der Waals surface area contributed by atoms with Gasteiger partial charge in [0.05, 0.1) is 35.3 Å². The SMILES string of the molecule is C[C@@H]1CN(CC(=O)N2CC(C)(C)c3nnc(Cc4ccc(F)cc4F)cc32)[C@@H](CN2Cc3ccc(C#N)cc3C2=O)CN1C(=O)OC(C)(C)C. The maximum Gasteiger partial charge on any atom is 0.410 e. The second-order valence-corrected chi connectivity index (χ2v) is 15.1. The van der Waals surface area contributed by atoms with E-state index in [0.717, 1.165) is 11.6 Å². The predicted octanol–water partition coefficient (Wildman–Crippen LogP) is 4.81. The molecule has 50 heavy (non-hydrogen) atoms. The molecule has 1 fully saturated rings. The van der Waals surface area contributed by atoms with Crippen LogP contribution >= 0.6 is 0 Å². The topological polar surface area (TPSA) is 123 Å². The number of carbonyl (C=O) groups excluding carboxylic acids is 3. The van der Waals surface area contributed by atoms with Crippen molar-refractivity contribution in [1.82, 2.24) is 24.9 Å². The van der Waals surface area contributed by atoms with Crippen LogP contribution in [0.15, 0.2) is 42.5 Å². The van der Waals surface area contributed by atoms with Crippen LogP contribution < -0.4 is 4.90 Å². The smallest absolute Gasteiger partial charge is 0.410 e. The summed E-state index contributed by atoms with van der Waals surface area (Å²) >= 11 is 0. The zero-order valence-corrected chi connectivity index (χ0v) is 29.2. The van der Waals surface area contributed by atoms with Crippen molar-refractivity contribution in [2.75, 3.05) is 37.6 Å². The first-order valence-electron chi connectivity index (χ1n) is 16.7. The Morgan fingerprint density at radius 1 is 1.08 bits per heavy atom. The van der Waals surface area contributed by atoms with E-state index in [0.29, 0.717) is 47.8 Å². The van der Waals surface area contributed by atoms with Crippen LogP contribution in [0.2, 0.25) is 0 Å². The molecule has 0 N–H and O–H groups in total. The molecule has 3 aliphatic heterocycles. The van der Waals surface area contributed by atoms with Gasteiger partial charge in [-0.2, -0.15) is 15.5 Å². The summed E-state index contributed by atoms with van der Waals surface area (Å²) in [6, 6.07) is 11.6. The molecule has 0 spiro atoms. The number of amides is 3. The van der Waals surface area contributed by atoms with Crippen LogP contribution in [-0.4, -0.2) is 93.2 Å². The average molecular weight is 686 g/mol. The molecule has 0 bridgehead atoms. The molecule has 0 radical (unpaired) electrons. The van der Waals surface area contributed by atoms with Crippen molar-refractivity contribution in [3.8, 4) is 6.07 Å². The lowest BCUT2D eigenvalue weighted by atomic mass is 9.91. The third kappa shape index (κ3) is 7.03. The number of aromatic nitrogens is 2. The number of ether oxygens (including phenoxy) is 1. The molecule has 13 heteroatoms. The van der Waals surface area contributed by atoms with Crippen molar-refractivity contribution in [2.45, 2.75) is 77.6 Å². The first kappa shape index (κ1) is 34.9. The van der Waals surface area contributed by atoms with Crippen LogP contribution in [0, 0.1) is 23.0 Å². The van der Waals surface area contributed by atoms with E-state index < -0.39 is 34.8 Å². The highest BCUT2D eigenvalue weighted by Gasteiger charge is 2.43. The first-order chi connectivity index (χ1) is 23.5. The second kappa shape index (κ2) is 13.1. The molecule has 4 heterocycles. The van der Waals surface area contributed by atoms with Crippen molar-refractivity contribution in [2.24, 2.45) is 0 Å². The number of rotatable bonds is 6. The minimum absolute atomic E-state index is 0.00446. The maximum atomic E-state index is 14.5. The van der Waals surface area contributed by atoms with Gasteiger partial charge in [-0.15, -0.1) is 0 Å². The summed E-state index contributed by atoms with van der Waals surface area (Å²) < 4.78 is 33.7. The third-order valence-electron chi connectivity index (χ3n) is 9.47. The van der Waals surface area contributed by atoms with Gasteiger partial charge in [-0.25, -0.2) is 13.6 Å². The van der Waals surface area contributed by atoms with Crippen molar-refractivity contribution in [3.63, 3.8) is 0 Å². The van der Waals surface area contributed by atoms with E-state index >= 15 is 0 Å². The fourth-order valence-electron chi connectivity index (χ4n) is 6.98. The number of nitrogens with zero attached hydrogens (tertiary/aromatic N) is 7. The number of benzene rings is 2. The molecule has 0 aliphatic carbocycles. The molecule has 3 aromatic rings. The monoisotopic (exact) mass is 685 g/mol. The highest BCUT2D eigenvalue weighted by molar-refractivity contribution is 5.99. The molecule has 2 aromatic carbocycles. The Kier molecular flexibility index (Phi) is 9.11. The summed E-state index contributed by atoms with van der Waals surface area (Å²) in [5.41, 5.74) is 2.42. The zero-order valence-electron chi connectivity index (χ0n) is 29.2. The lowest BCUT2D eigenvalue weighted by Crippen LogP contribution is -2.63. The molecule has 0 unspecified atom stereocenters. The maximum absolute atomic E-state index is 14.5. The van der Waals surface area contributed by atoms with E-state index in [1.165, 1.54) is 12.1 Å². The quantitative estimate of drug-likeness (QED) is 0.363. The molecule has 1 aromatic heterocycles. The van der Waals surface area contributed by atoms with Crippen molar-refractivity contribution in [1.29, 1.82) is 5.26 Å². The van der Waals surface area contributed by atoms with Gasteiger partial charge in [0.15, 0.2) is 0 Å². The van der Waals surface area contributed by atoms with Crippen LogP contribution in [0.3, 0.4) is 0 Å². The fourth-order valence-corrected chi connectivity index (χ4v) is 6.98. The van der Waals surface area contributed by atoms with E-state index in [1.54, 1.807) is 59.7 Å². The normalized spacial score (nSPS) is 20.1. The minimum Gasteiger partial charge on any atom is -0.444 e. The Balaban J connectivity index is 1.25. The van der Waals surface area contributed by atoms with Gasteiger partial charge in [-0.05, 0) is 63.1 Å². The van der Waals surface area contributed by atoms with Crippen molar-refractivity contribution >= 4 is 23.6 Å². The van der Waals surface area contributed by atoms with Crippen LogP contribution in [-0.2, 0) is 27.9 Å². The fraction of sp³-hybridized carbons (Fsp3) is 0.459. The van der Waals surface area contributed by atoms with E-state index in [1.807, 2.05) is 25.7 Å². The van der Waals surface area contributed by atoms with Crippen molar-refractivity contribution in [3.05, 3.63) is 87.7 Å². The highest BCUT2D eigenvalue weighted by Crippen LogP contribution is 2.39. The number of halogens is 2. The number of nitriles is 1. The van der Waals surface area contributed by atoms with Crippen molar-refractivity contribution < 1.29 is 27.9 Å². The van der Waals surface area contributed by atoms with Crippen LogP contribution in [0.5, 0.6) is 0 Å². The minimum atomic E-state index is -0.704. The molecule has 3 amide bonds. The van der Waals surface area contributed by atoms with Gasteiger partial charge in [0.25, 0.3) is 5.91 Å². The molecule has 2 atom stereocenters. The van der Waals surface area contributed by atoms with Gasteiger partial charge in [0.1, 0.15) is 17.2 Å². The van der Waals surface area contributed by atoms with Gasteiger partial charge in [0, 0.05) is 68.3 Å². The van der Waals surface area contributed by atoms with E-state index in [2.05, 4.69) is 16.3 Å². The second-order valence-electron chi connectivity index (χ2n) is 15.1. The number of piperazine rings is 1. The summed E-state index contributed by atoms with van der Waals surface area (Å²) in [6.07, 6.45) is -0.391. The number of hydrogen-bond donors (Lipinski definition) is 0. The molecular formula is C37H41F2N7O4. The number of carbonyl (C=O) groups is 3. The van der Waals surface area contributed by atoms with E-state index in [9.17, 15) is 28.4 Å². The van der Waals surface area contributed by atoms with Gasteiger partial charge in [0.2, 0.25) is 5.91 Å². The Hall–Kier alpha value is -4.96. The average Bonchev–Trinajstić information content (AvgIpc) is 3.49. The zero-order chi connectivity index (χ0) is 36.1. The molecule has 3 aliphatic rings. The lowest BCUT2D eigenvalue weighted by Gasteiger charge is -2.46. The largest absolute Gasteiger partial charge is 0.444 e. The molecular weight excluding hydrogens is 644 g/mol. The van der Waals surface area contributed by atoms with Gasteiger partial charge in [-0.1, -0.05) is 26.0 Å². The molecule has 6 rings (SSSR count). The molecule has 11 nitrogen and oxygen atoms in total. The van der Waals surface area contributed by atoms with Crippen LogP contribution in [0.25, 0.3) is 0 Å². The molecule has 1 saturated heterocycles. The van der Waals surface area contributed by atoms with Gasteiger partial charge >= 0.3 is 6.09 Å². The van der Waals surface area contributed by atoms with Crippen LogP contribution in [0.4, 0.5) is 19.3 Å². The number of hydrogen-bond acceptors (Lipinski definition) is 8. The molecule has 262 valence electrons. The number of anilines is 1. The standard InChI is InChI=1S/C37H41F2N7O4/c1-22-16-43(20-32(47)46-21-37(5,6)33-31(46)14-27(41-42-33)12-24-9-10-26(38)13-30(24)39)28(19-45(22)35(49)50-36(2,3)4)18-44-17-25-8-7-23(15-40)11-29(25)34(44)48/h7-11,13-14,22,28H,12,16-21H2,1-6H3/t22-,28+/m1/s1. The summed E-state index contributed by atoms with van der Waals surface area (Å²) in [5.74, 6) is -1.75. The van der Waals surface area contributed by atoms with Gasteiger partial charge in [-0.3, -0.25) is 14.5 Å². The Labute approximate surface area is 290 Å².